The van der Waals surface area contributed by atoms with E-state index >= 15 is 0 Å². The molecule has 0 aliphatic heterocycles. The van der Waals surface area contributed by atoms with E-state index in [2.05, 4.69) is 27.5 Å². The molecule has 32 heavy (non-hydrogen) atoms. The molecule has 0 fully saturated rings. The Morgan fingerprint density at radius 2 is 1.72 bits per heavy atom. The fourth-order valence-electron chi connectivity index (χ4n) is 3.01. The molecule has 0 unspecified atom stereocenters. The van der Waals surface area contributed by atoms with Gasteiger partial charge in [0.15, 0.2) is 5.69 Å². The smallest absolute Gasteiger partial charge is 0.344 e. The Labute approximate surface area is 182 Å². The standard InChI is InChI=1S/C22H20N6O4/c1-3-14-9-11-15(12-10-14)13-23-19(29)20-24-18(26-32-20)17-21(30)27(2)22(31)28(25-17)16-7-5-4-6-8-16/h4-12H,3,13H2,1-2H3,(H,23,29). The summed E-state index contributed by atoms with van der Waals surface area (Å²) in [5.74, 6) is -1.09. The summed E-state index contributed by atoms with van der Waals surface area (Å²) < 4.78 is 6.98. The van der Waals surface area contributed by atoms with Gasteiger partial charge in [0.2, 0.25) is 5.82 Å². The molecule has 0 bridgehead atoms. The van der Waals surface area contributed by atoms with Crippen molar-refractivity contribution in [1.29, 1.82) is 0 Å². The highest BCUT2D eigenvalue weighted by molar-refractivity contribution is 5.89. The van der Waals surface area contributed by atoms with Gasteiger partial charge in [0.1, 0.15) is 0 Å². The number of nitrogens with zero attached hydrogens (tertiary/aromatic N) is 5. The highest BCUT2D eigenvalue weighted by Gasteiger charge is 2.21. The number of benzene rings is 2. The first-order valence-electron chi connectivity index (χ1n) is 9.93. The van der Waals surface area contributed by atoms with Crippen molar-refractivity contribution in [2.75, 3.05) is 0 Å². The van der Waals surface area contributed by atoms with Crippen LogP contribution < -0.4 is 16.6 Å². The number of hydrogen-bond donors (Lipinski definition) is 1. The van der Waals surface area contributed by atoms with Gasteiger partial charge >= 0.3 is 17.5 Å². The van der Waals surface area contributed by atoms with E-state index in [4.69, 9.17) is 4.52 Å². The summed E-state index contributed by atoms with van der Waals surface area (Å²) in [5, 5.41) is 10.5. The van der Waals surface area contributed by atoms with Crippen molar-refractivity contribution in [3.05, 3.63) is 92.5 Å². The lowest BCUT2D eigenvalue weighted by molar-refractivity contribution is 0.0907. The van der Waals surface area contributed by atoms with Crippen molar-refractivity contribution in [3.63, 3.8) is 0 Å². The molecule has 2 heterocycles. The summed E-state index contributed by atoms with van der Waals surface area (Å²) in [5.41, 5.74) is 1.04. The van der Waals surface area contributed by atoms with Gasteiger partial charge in [-0.1, -0.05) is 54.5 Å². The second-order valence-electron chi connectivity index (χ2n) is 7.02. The van der Waals surface area contributed by atoms with E-state index in [1.54, 1.807) is 30.3 Å². The number of para-hydroxylation sites is 1. The van der Waals surface area contributed by atoms with E-state index in [-0.39, 0.29) is 24.0 Å². The number of nitrogens with one attached hydrogen (secondary N) is 1. The van der Waals surface area contributed by atoms with Crippen LogP contribution in [0.4, 0.5) is 0 Å². The molecule has 10 nitrogen and oxygen atoms in total. The number of carbonyl (C=O) groups excluding carboxylic acids is 1. The van der Waals surface area contributed by atoms with Crippen LogP contribution >= 0.6 is 0 Å². The zero-order chi connectivity index (χ0) is 22.7. The second kappa shape index (κ2) is 8.80. The minimum atomic E-state index is -0.703. The quantitative estimate of drug-likeness (QED) is 0.489. The lowest BCUT2D eigenvalue weighted by atomic mass is 10.1. The maximum absolute atomic E-state index is 12.6. The van der Waals surface area contributed by atoms with Gasteiger partial charge in [-0.05, 0) is 29.7 Å². The summed E-state index contributed by atoms with van der Waals surface area (Å²) in [4.78, 5) is 41.5. The van der Waals surface area contributed by atoms with Gasteiger partial charge in [-0.3, -0.25) is 14.2 Å². The molecular weight excluding hydrogens is 412 g/mol. The number of hydrogen-bond acceptors (Lipinski definition) is 7. The molecule has 4 aromatic rings. The van der Waals surface area contributed by atoms with Crippen LogP contribution in [-0.4, -0.2) is 30.4 Å². The van der Waals surface area contributed by atoms with E-state index in [9.17, 15) is 14.4 Å². The predicted octanol–water partition coefficient (Wildman–Crippen LogP) is 1.47. The molecule has 4 rings (SSSR count). The van der Waals surface area contributed by atoms with Crippen LogP contribution in [0.1, 0.15) is 28.7 Å². The molecule has 2 aromatic heterocycles. The van der Waals surface area contributed by atoms with Crippen molar-refractivity contribution in [3.8, 4) is 17.2 Å². The first kappa shape index (κ1) is 20.9. The molecule has 0 saturated heterocycles. The second-order valence-corrected chi connectivity index (χ2v) is 7.02. The topological polar surface area (TPSA) is 125 Å². The van der Waals surface area contributed by atoms with E-state index in [0.717, 1.165) is 21.2 Å². The molecule has 0 aliphatic rings. The van der Waals surface area contributed by atoms with Gasteiger partial charge in [0.05, 0.1) is 5.69 Å². The van der Waals surface area contributed by atoms with Gasteiger partial charge in [-0.25, -0.2) is 4.79 Å². The lowest BCUT2D eigenvalue weighted by Gasteiger charge is -2.07. The van der Waals surface area contributed by atoms with Gasteiger partial charge in [-0.15, -0.1) is 0 Å². The first-order valence-corrected chi connectivity index (χ1v) is 9.93. The van der Waals surface area contributed by atoms with Gasteiger partial charge in [0.25, 0.3) is 5.56 Å². The summed E-state index contributed by atoms with van der Waals surface area (Å²) in [6.45, 7) is 2.34. The van der Waals surface area contributed by atoms with Crippen molar-refractivity contribution >= 4 is 5.91 Å². The lowest BCUT2D eigenvalue weighted by Crippen LogP contribution is -2.40. The Hall–Kier alpha value is -4.34. The summed E-state index contributed by atoms with van der Waals surface area (Å²) >= 11 is 0. The normalized spacial score (nSPS) is 10.8. The molecule has 10 heteroatoms. The Bertz CT molecular complexity index is 1370. The summed E-state index contributed by atoms with van der Waals surface area (Å²) in [6.07, 6.45) is 0.933. The van der Waals surface area contributed by atoms with E-state index < -0.39 is 17.2 Å². The zero-order valence-electron chi connectivity index (χ0n) is 17.5. The average Bonchev–Trinajstić information content (AvgIpc) is 3.32. The van der Waals surface area contributed by atoms with Crippen LogP contribution in [0.2, 0.25) is 0 Å². The van der Waals surface area contributed by atoms with Crippen molar-refractivity contribution in [2.45, 2.75) is 19.9 Å². The van der Waals surface area contributed by atoms with E-state index in [1.807, 2.05) is 24.3 Å². The maximum Gasteiger partial charge on any atom is 0.351 e. The van der Waals surface area contributed by atoms with Crippen molar-refractivity contribution in [1.82, 2.24) is 29.8 Å². The molecular formula is C22H20N6O4. The van der Waals surface area contributed by atoms with Crippen LogP contribution in [0.5, 0.6) is 0 Å². The molecule has 2 aromatic carbocycles. The molecule has 0 spiro atoms. The fraction of sp³-hybridized carbons (Fsp3) is 0.182. The van der Waals surface area contributed by atoms with Gasteiger partial charge in [0, 0.05) is 13.6 Å². The molecule has 0 radical (unpaired) electrons. The van der Waals surface area contributed by atoms with Crippen LogP contribution in [0.15, 0.2) is 68.7 Å². The summed E-state index contributed by atoms with van der Waals surface area (Å²) in [7, 11) is 1.33. The minimum absolute atomic E-state index is 0.187. The van der Waals surface area contributed by atoms with Crippen LogP contribution in [0.3, 0.4) is 0 Å². The number of rotatable bonds is 6. The van der Waals surface area contributed by atoms with Crippen LogP contribution in [0.25, 0.3) is 17.2 Å². The molecule has 0 aliphatic carbocycles. The molecule has 0 saturated carbocycles. The van der Waals surface area contributed by atoms with Gasteiger partial charge < -0.3 is 9.84 Å². The molecule has 1 amide bonds. The molecule has 1 N–H and O–H groups in total. The van der Waals surface area contributed by atoms with Crippen molar-refractivity contribution < 1.29 is 9.32 Å². The number of aromatic nitrogens is 5. The largest absolute Gasteiger partial charge is 0.351 e. The third-order valence-electron chi connectivity index (χ3n) is 4.89. The number of carbonyl (C=O) groups is 1. The number of aryl methyl sites for hydroxylation is 1. The monoisotopic (exact) mass is 432 g/mol. The van der Waals surface area contributed by atoms with Gasteiger partial charge in [-0.2, -0.15) is 14.8 Å². The van der Waals surface area contributed by atoms with E-state index in [0.29, 0.717) is 5.69 Å². The highest BCUT2D eigenvalue weighted by atomic mass is 16.5. The Kier molecular flexibility index (Phi) is 5.75. The Balaban J connectivity index is 1.59. The Morgan fingerprint density at radius 3 is 2.41 bits per heavy atom. The maximum atomic E-state index is 12.6. The van der Waals surface area contributed by atoms with E-state index in [1.165, 1.54) is 12.6 Å². The molecule has 0 atom stereocenters. The fourth-order valence-corrected chi connectivity index (χ4v) is 3.01. The first-order chi connectivity index (χ1) is 15.5. The highest BCUT2D eigenvalue weighted by Crippen LogP contribution is 2.10. The third-order valence-corrected chi connectivity index (χ3v) is 4.89. The summed E-state index contributed by atoms with van der Waals surface area (Å²) in [6, 6.07) is 16.5. The number of amides is 1. The minimum Gasteiger partial charge on any atom is -0.344 e. The van der Waals surface area contributed by atoms with Crippen LogP contribution in [-0.2, 0) is 20.0 Å². The Morgan fingerprint density at radius 1 is 1.03 bits per heavy atom. The average molecular weight is 432 g/mol. The van der Waals surface area contributed by atoms with Crippen molar-refractivity contribution in [2.24, 2.45) is 7.05 Å². The molecule has 162 valence electrons. The zero-order valence-corrected chi connectivity index (χ0v) is 17.5. The predicted molar refractivity (Wildman–Crippen MR) is 115 cm³/mol. The van der Waals surface area contributed by atoms with Crippen LogP contribution in [0, 0.1) is 0 Å². The SMILES string of the molecule is CCc1ccc(CNC(=O)c2nc(-c3nn(-c4ccccc4)c(=O)n(C)c3=O)no2)cc1. The third kappa shape index (κ3) is 4.10.